The summed E-state index contributed by atoms with van der Waals surface area (Å²) in [6, 6.07) is 2.04. The van der Waals surface area contributed by atoms with Gasteiger partial charge in [0.15, 0.2) is 0 Å². The molecular formula is C14H22N2O4. The van der Waals surface area contributed by atoms with Gasteiger partial charge in [0, 0.05) is 19.5 Å². The molecule has 0 unspecified atom stereocenters. The highest BCUT2D eigenvalue weighted by Crippen LogP contribution is 2.37. The van der Waals surface area contributed by atoms with Gasteiger partial charge in [-0.15, -0.1) is 0 Å². The van der Waals surface area contributed by atoms with Crippen LogP contribution in [0.25, 0.3) is 0 Å². The second-order valence-electron chi connectivity index (χ2n) is 6.08. The molecule has 6 heteroatoms. The van der Waals surface area contributed by atoms with Crippen LogP contribution >= 0.6 is 0 Å². The minimum absolute atomic E-state index is 0.246. The van der Waals surface area contributed by atoms with Gasteiger partial charge in [-0.3, -0.25) is 4.79 Å². The van der Waals surface area contributed by atoms with Crippen molar-refractivity contribution in [2.24, 2.45) is 5.41 Å². The molecule has 0 bridgehead atoms. The summed E-state index contributed by atoms with van der Waals surface area (Å²) < 4.78 is 10.1. The first-order valence-corrected chi connectivity index (χ1v) is 6.67. The molecule has 1 aliphatic heterocycles. The van der Waals surface area contributed by atoms with Gasteiger partial charge >= 0.3 is 12.1 Å². The monoisotopic (exact) mass is 282 g/mol. The molecule has 0 aromatic rings. The first-order chi connectivity index (χ1) is 9.24. The fourth-order valence-corrected chi connectivity index (χ4v) is 2.34. The van der Waals surface area contributed by atoms with Gasteiger partial charge in [-0.05, 0) is 33.6 Å². The largest absolute Gasteiger partial charge is 0.469 e. The number of amides is 1. The number of rotatable bonds is 3. The zero-order valence-corrected chi connectivity index (χ0v) is 12.6. The number of carbonyl (C=O) groups is 2. The highest BCUT2D eigenvalue weighted by Gasteiger charge is 2.47. The molecule has 0 aromatic carbocycles. The van der Waals surface area contributed by atoms with E-state index in [4.69, 9.17) is 14.7 Å². The van der Waals surface area contributed by atoms with E-state index in [9.17, 15) is 9.59 Å². The molecule has 1 fully saturated rings. The van der Waals surface area contributed by atoms with Crippen molar-refractivity contribution in [2.45, 2.75) is 45.6 Å². The number of likely N-dealkylation sites (tertiary alicyclic amines) is 1. The van der Waals surface area contributed by atoms with Crippen molar-refractivity contribution < 1.29 is 19.1 Å². The van der Waals surface area contributed by atoms with Crippen LogP contribution in [0, 0.1) is 16.7 Å². The molecule has 0 N–H and O–H groups in total. The normalized spacial score (nSPS) is 22.2. The van der Waals surface area contributed by atoms with E-state index in [0.717, 1.165) is 0 Å². The summed E-state index contributed by atoms with van der Waals surface area (Å²) in [6.07, 6.45) is 0.730. The summed E-state index contributed by atoms with van der Waals surface area (Å²) in [6.45, 7) is 6.07. The molecule has 20 heavy (non-hydrogen) atoms. The summed E-state index contributed by atoms with van der Waals surface area (Å²) in [5.74, 6) is -0.362. The summed E-state index contributed by atoms with van der Waals surface area (Å²) in [5.41, 5.74) is -1.35. The van der Waals surface area contributed by atoms with Crippen molar-refractivity contribution in [3.05, 3.63) is 0 Å². The van der Waals surface area contributed by atoms with E-state index in [1.54, 1.807) is 20.8 Å². The zero-order valence-electron chi connectivity index (χ0n) is 12.6. The Morgan fingerprint density at radius 1 is 1.40 bits per heavy atom. The van der Waals surface area contributed by atoms with E-state index in [-0.39, 0.29) is 18.9 Å². The van der Waals surface area contributed by atoms with Crippen molar-refractivity contribution >= 4 is 12.1 Å². The lowest BCUT2D eigenvalue weighted by atomic mass is 9.82. The summed E-state index contributed by atoms with van der Waals surface area (Å²) in [7, 11) is 1.33. The number of esters is 1. The van der Waals surface area contributed by atoms with Crippen LogP contribution in [0.2, 0.25) is 0 Å². The predicted octanol–water partition coefficient (Wildman–Crippen LogP) is 2.09. The summed E-state index contributed by atoms with van der Waals surface area (Å²) >= 11 is 0. The lowest BCUT2D eigenvalue weighted by molar-refractivity contribution is -0.152. The molecule has 0 spiro atoms. The average molecular weight is 282 g/mol. The maximum Gasteiger partial charge on any atom is 0.410 e. The number of hydrogen-bond donors (Lipinski definition) is 0. The van der Waals surface area contributed by atoms with Crippen molar-refractivity contribution in [2.75, 3.05) is 20.2 Å². The first kappa shape index (κ1) is 16.3. The Labute approximate surface area is 119 Å². The van der Waals surface area contributed by atoms with E-state index in [2.05, 4.69) is 0 Å². The van der Waals surface area contributed by atoms with Gasteiger partial charge in [-0.25, -0.2) is 4.79 Å². The second-order valence-corrected chi connectivity index (χ2v) is 6.08. The van der Waals surface area contributed by atoms with Crippen molar-refractivity contribution in [1.29, 1.82) is 5.26 Å². The van der Waals surface area contributed by atoms with Crippen molar-refractivity contribution in [1.82, 2.24) is 4.90 Å². The third kappa shape index (κ3) is 3.86. The molecule has 6 nitrogen and oxygen atoms in total. The number of nitrogens with zero attached hydrogens (tertiary/aromatic N) is 2. The highest BCUT2D eigenvalue weighted by atomic mass is 16.6. The minimum Gasteiger partial charge on any atom is -0.469 e. The summed E-state index contributed by atoms with van der Waals surface area (Å²) in [4.78, 5) is 25.5. The SMILES string of the molecule is COC(=O)[C@@]1(CCC#N)CCN(C(=O)OC(C)(C)C)C1. The van der Waals surface area contributed by atoms with Gasteiger partial charge in [0.1, 0.15) is 5.60 Å². The molecule has 1 aliphatic rings. The molecule has 1 heterocycles. The van der Waals surface area contributed by atoms with E-state index in [0.29, 0.717) is 19.4 Å². The van der Waals surface area contributed by atoms with Crippen LogP contribution in [0.4, 0.5) is 4.79 Å². The number of hydrogen-bond acceptors (Lipinski definition) is 5. The third-order valence-corrected chi connectivity index (χ3v) is 3.34. The van der Waals surface area contributed by atoms with Crippen LogP contribution in [0.3, 0.4) is 0 Å². The Bertz CT molecular complexity index is 422. The van der Waals surface area contributed by atoms with Crippen molar-refractivity contribution in [3.63, 3.8) is 0 Å². The number of methoxy groups -OCH3 is 1. The smallest absolute Gasteiger partial charge is 0.410 e. The molecule has 0 radical (unpaired) electrons. The van der Waals surface area contributed by atoms with Gasteiger partial charge in [-0.1, -0.05) is 0 Å². The topological polar surface area (TPSA) is 79.6 Å². The Morgan fingerprint density at radius 2 is 2.05 bits per heavy atom. The maximum atomic E-state index is 12.0. The minimum atomic E-state index is -0.776. The van der Waals surface area contributed by atoms with Crippen LogP contribution in [-0.2, 0) is 14.3 Å². The van der Waals surface area contributed by atoms with Crippen LogP contribution in [0.1, 0.15) is 40.0 Å². The quantitative estimate of drug-likeness (QED) is 0.740. The van der Waals surface area contributed by atoms with Crippen LogP contribution in [0.15, 0.2) is 0 Å². The average Bonchev–Trinajstić information content (AvgIpc) is 2.79. The Hall–Kier alpha value is -1.77. The fraction of sp³-hybridized carbons (Fsp3) is 0.786. The third-order valence-electron chi connectivity index (χ3n) is 3.34. The van der Waals surface area contributed by atoms with Gasteiger partial charge < -0.3 is 14.4 Å². The van der Waals surface area contributed by atoms with Gasteiger partial charge in [0.05, 0.1) is 18.6 Å². The lowest BCUT2D eigenvalue weighted by Crippen LogP contribution is -2.40. The van der Waals surface area contributed by atoms with Gasteiger partial charge in [0.25, 0.3) is 0 Å². The van der Waals surface area contributed by atoms with Crippen LogP contribution in [0.5, 0.6) is 0 Å². The number of ether oxygens (including phenoxy) is 2. The van der Waals surface area contributed by atoms with Crippen LogP contribution in [-0.4, -0.2) is 42.8 Å². The molecule has 112 valence electrons. The fourth-order valence-electron chi connectivity index (χ4n) is 2.34. The highest BCUT2D eigenvalue weighted by molar-refractivity contribution is 5.79. The van der Waals surface area contributed by atoms with Crippen molar-refractivity contribution in [3.8, 4) is 6.07 Å². The maximum absolute atomic E-state index is 12.0. The lowest BCUT2D eigenvalue weighted by Gasteiger charge is -2.27. The number of nitriles is 1. The van der Waals surface area contributed by atoms with E-state index >= 15 is 0 Å². The molecular weight excluding hydrogens is 260 g/mol. The molecule has 1 rings (SSSR count). The van der Waals surface area contributed by atoms with Gasteiger partial charge in [-0.2, -0.15) is 5.26 Å². The first-order valence-electron chi connectivity index (χ1n) is 6.67. The Kier molecular flexibility index (Phi) is 4.98. The predicted molar refractivity (Wildman–Crippen MR) is 71.7 cm³/mol. The van der Waals surface area contributed by atoms with Gasteiger partial charge in [0.2, 0.25) is 0 Å². The number of carbonyl (C=O) groups excluding carboxylic acids is 2. The Balaban J connectivity index is 2.77. The van der Waals surface area contributed by atoms with E-state index < -0.39 is 17.1 Å². The molecule has 0 aromatic heterocycles. The van der Waals surface area contributed by atoms with E-state index in [1.165, 1.54) is 12.0 Å². The Morgan fingerprint density at radius 3 is 2.55 bits per heavy atom. The van der Waals surface area contributed by atoms with Crippen LogP contribution < -0.4 is 0 Å². The molecule has 0 saturated carbocycles. The summed E-state index contributed by atoms with van der Waals surface area (Å²) in [5, 5.41) is 8.72. The zero-order chi connectivity index (χ0) is 15.4. The molecule has 1 atom stereocenters. The second kappa shape index (κ2) is 6.12. The molecule has 1 saturated heterocycles. The molecule has 1 amide bonds. The standard InChI is InChI=1S/C14H22N2O4/c1-13(2,3)20-12(18)16-9-7-14(10-16,6-5-8-15)11(17)19-4/h5-7,9-10H2,1-4H3/t14-/m0/s1. The van der Waals surface area contributed by atoms with E-state index in [1.807, 2.05) is 6.07 Å². The molecule has 0 aliphatic carbocycles.